The molecule has 0 radical (unpaired) electrons. The summed E-state index contributed by atoms with van der Waals surface area (Å²) in [7, 11) is -2.15. The zero-order valence-electron chi connectivity index (χ0n) is 10.4. The van der Waals surface area contributed by atoms with E-state index in [9.17, 15) is 8.42 Å². The molecule has 102 valence electrons. The predicted molar refractivity (Wildman–Crippen MR) is 72.2 cm³/mol. The number of rotatable bonds is 6. The maximum Gasteiger partial charge on any atom is 0.244 e. The lowest BCUT2D eigenvalue weighted by Gasteiger charge is -2.18. The molecule has 0 bridgehead atoms. The number of ether oxygens (including phenoxy) is 1. The number of nitrogens with zero attached hydrogens (tertiary/aromatic N) is 1. The van der Waals surface area contributed by atoms with Crippen LogP contribution < -0.4 is 5.73 Å². The fourth-order valence-electron chi connectivity index (χ4n) is 1.36. The summed E-state index contributed by atoms with van der Waals surface area (Å²) in [4.78, 5) is 0.0222. The lowest BCUT2D eigenvalue weighted by molar-refractivity contribution is 0.138. The first kappa shape index (κ1) is 15.2. The molecular formula is C11H17ClN2O3S. The van der Waals surface area contributed by atoms with Gasteiger partial charge in [-0.1, -0.05) is 11.6 Å². The third-order valence-corrected chi connectivity index (χ3v) is 4.57. The van der Waals surface area contributed by atoms with Gasteiger partial charge in [-0.2, -0.15) is 4.31 Å². The molecule has 1 aromatic carbocycles. The number of halogens is 1. The summed E-state index contributed by atoms with van der Waals surface area (Å²) >= 11 is 5.79. The number of likely N-dealkylation sites (N-methyl/N-ethyl adjacent to an activating group) is 1. The minimum absolute atomic E-state index is 0.0222. The highest BCUT2D eigenvalue weighted by Gasteiger charge is 2.23. The van der Waals surface area contributed by atoms with Crippen molar-refractivity contribution in [1.82, 2.24) is 4.31 Å². The summed E-state index contributed by atoms with van der Waals surface area (Å²) in [6, 6.07) is 4.38. The van der Waals surface area contributed by atoms with Crippen molar-refractivity contribution in [2.75, 3.05) is 32.5 Å². The minimum Gasteiger partial charge on any atom is -0.398 e. The first-order valence-corrected chi connectivity index (χ1v) is 7.30. The summed E-state index contributed by atoms with van der Waals surface area (Å²) in [5.74, 6) is 0. The molecular weight excluding hydrogens is 276 g/mol. The molecule has 0 atom stereocenters. The Hall–Kier alpha value is -0.820. The zero-order valence-corrected chi connectivity index (χ0v) is 12.0. The Balaban J connectivity index is 2.95. The van der Waals surface area contributed by atoms with Gasteiger partial charge in [0, 0.05) is 25.2 Å². The minimum atomic E-state index is -3.63. The monoisotopic (exact) mass is 292 g/mol. The van der Waals surface area contributed by atoms with Crippen LogP contribution in [0.15, 0.2) is 23.1 Å². The van der Waals surface area contributed by atoms with Crippen molar-refractivity contribution in [3.05, 3.63) is 23.2 Å². The van der Waals surface area contributed by atoms with Gasteiger partial charge in [0.2, 0.25) is 10.0 Å². The van der Waals surface area contributed by atoms with Gasteiger partial charge in [0.25, 0.3) is 0 Å². The molecule has 18 heavy (non-hydrogen) atoms. The van der Waals surface area contributed by atoms with E-state index in [1.165, 1.54) is 23.5 Å². The predicted octanol–water partition coefficient (Wildman–Crippen LogP) is 1.58. The first-order valence-electron chi connectivity index (χ1n) is 5.48. The van der Waals surface area contributed by atoms with Gasteiger partial charge in [0.1, 0.15) is 4.90 Å². The Bertz CT molecular complexity index is 505. The van der Waals surface area contributed by atoms with E-state index >= 15 is 0 Å². The van der Waals surface area contributed by atoms with Crippen molar-refractivity contribution in [2.45, 2.75) is 11.8 Å². The summed E-state index contributed by atoms with van der Waals surface area (Å²) in [6.07, 6.45) is 0. The Morgan fingerprint density at radius 3 is 2.72 bits per heavy atom. The quantitative estimate of drug-likeness (QED) is 0.638. The highest BCUT2D eigenvalue weighted by atomic mass is 35.5. The summed E-state index contributed by atoms with van der Waals surface area (Å²) in [5.41, 5.74) is 5.86. The molecule has 0 fully saturated rings. The SMILES string of the molecule is CCOCCN(C)S(=O)(=O)c1cc(Cl)ccc1N. The number of hydrogen-bond acceptors (Lipinski definition) is 4. The van der Waals surface area contributed by atoms with Gasteiger partial charge in [0.15, 0.2) is 0 Å². The molecule has 0 saturated heterocycles. The molecule has 0 unspecified atom stereocenters. The lowest BCUT2D eigenvalue weighted by atomic mass is 10.3. The van der Waals surface area contributed by atoms with Crippen molar-refractivity contribution < 1.29 is 13.2 Å². The van der Waals surface area contributed by atoms with E-state index in [-0.39, 0.29) is 17.1 Å². The first-order chi connectivity index (χ1) is 8.39. The Morgan fingerprint density at radius 2 is 2.11 bits per heavy atom. The number of nitrogen functional groups attached to an aromatic ring is 1. The molecule has 7 heteroatoms. The molecule has 0 amide bonds. The van der Waals surface area contributed by atoms with Crippen LogP contribution in [0, 0.1) is 0 Å². The van der Waals surface area contributed by atoms with Gasteiger partial charge in [0.05, 0.1) is 12.3 Å². The molecule has 0 spiro atoms. The Morgan fingerprint density at radius 1 is 1.44 bits per heavy atom. The second-order valence-electron chi connectivity index (χ2n) is 3.71. The highest BCUT2D eigenvalue weighted by molar-refractivity contribution is 7.89. The Labute approximate surface area is 113 Å². The fourth-order valence-corrected chi connectivity index (χ4v) is 2.89. The zero-order chi connectivity index (χ0) is 13.8. The van der Waals surface area contributed by atoms with Gasteiger partial charge in [-0.3, -0.25) is 0 Å². The van der Waals surface area contributed by atoms with Crippen LogP contribution in [0.1, 0.15) is 6.92 Å². The maximum atomic E-state index is 12.2. The number of nitrogens with two attached hydrogens (primary N) is 1. The molecule has 0 saturated carbocycles. The van der Waals surface area contributed by atoms with Gasteiger partial charge in [-0.15, -0.1) is 0 Å². The second-order valence-corrected chi connectivity index (χ2v) is 6.16. The van der Waals surface area contributed by atoms with Crippen LogP contribution in [0.3, 0.4) is 0 Å². The number of anilines is 1. The molecule has 0 aliphatic heterocycles. The Kier molecular flexibility index (Phi) is 5.40. The van der Waals surface area contributed by atoms with E-state index in [1.807, 2.05) is 6.92 Å². The topological polar surface area (TPSA) is 72.6 Å². The fraction of sp³-hybridized carbons (Fsp3) is 0.455. The van der Waals surface area contributed by atoms with E-state index < -0.39 is 10.0 Å². The van der Waals surface area contributed by atoms with Crippen LogP contribution in [0.25, 0.3) is 0 Å². The number of benzene rings is 1. The smallest absolute Gasteiger partial charge is 0.244 e. The molecule has 0 aliphatic rings. The molecule has 1 aromatic rings. The average Bonchev–Trinajstić information content (AvgIpc) is 2.32. The maximum absolute atomic E-state index is 12.2. The molecule has 5 nitrogen and oxygen atoms in total. The van der Waals surface area contributed by atoms with Crippen molar-refractivity contribution in [1.29, 1.82) is 0 Å². The van der Waals surface area contributed by atoms with E-state index in [4.69, 9.17) is 22.1 Å². The molecule has 0 heterocycles. The van der Waals surface area contributed by atoms with Crippen molar-refractivity contribution in [3.63, 3.8) is 0 Å². The lowest BCUT2D eigenvalue weighted by Crippen LogP contribution is -2.30. The summed E-state index contributed by atoms with van der Waals surface area (Å²) in [6.45, 7) is 3.01. The van der Waals surface area contributed by atoms with Gasteiger partial charge in [-0.25, -0.2) is 8.42 Å². The molecule has 0 aromatic heterocycles. The van der Waals surface area contributed by atoms with Crippen LogP contribution in [-0.2, 0) is 14.8 Å². The van der Waals surface area contributed by atoms with Crippen LogP contribution in [0.2, 0.25) is 5.02 Å². The summed E-state index contributed by atoms with van der Waals surface area (Å²) < 4.78 is 30.8. The van der Waals surface area contributed by atoms with Crippen molar-refractivity contribution >= 4 is 27.3 Å². The van der Waals surface area contributed by atoms with E-state index in [2.05, 4.69) is 0 Å². The standard InChI is InChI=1S/C11H17ClN2O3S/c1-3-17-7-6-14(2)18(15,16)11-8-9(12)4-5-10(11)13/h4-5,8H,3,6-7,13H2,1-2H3. The van der Waals surface area contributed by atoms with Crippen molar-refractivity contribution in [2.24, 2.45) is 0 Å². The number of sulfonamides is 1. The van der Waals surface area contributed by atoms with E-state index in [0.29, 0.717) is 18.2 Å². The van der Waals surface area contributed by atoms with Crippen LogP contribution in [0.5, 0.6) is 0 Å². The van der Waals surface area contributed by atoms with Crippen LogP contribution in [0.4, 0.5) is 5.69 Å². The normalized spacial score (nSPS) is 12.0. The largest absolute Gasteiger partial charge is 0.398 e. The molecule has 0 aliphatic carbocycles. The van der Waals surface area contributed by atoms with E-state index in [1.54, 1.807) is 6.07 Å². The van der Waals surface area contributed by atoms with E-state index in [0.717, 1.165) is 0 Å². The van der Waals surface area contributed by atoms with Gasteiger partial charge in [-0.05, 0) is 25.1 Å². The molecule has 2 N–H and O–H groups in total. The van der Waals surface area contributed by atoms with Crippen molar-refractivity contribution in [3.8, 4) is 0 Å². The van der Waals surface area contributed by atoms with Crippen LogP contribution >= 0.6 is 11.6 Å². The second kappa shape index (κ2) is 6.38. The third kappa shape index (κ3) is 3.58. The number of hydrogen-bond donors (Lipinski definition) is 1. The van der Waals surface area contributed by atoms with Crippen LogP contribution in [-0.4, -0.2) is 39.5 Å². The highest BCUT2D eigenvalue weighted by Crippen LogP contribution is 2.24. The summed E-state index contributed by atoms with van der Waals surface area (Å²) in [5, 5.41) is 0.334. The van der Waals surface area contributed by atoms with Gasteiger partial charge >= 0.3 is 0 Å². The average molecular weight is 293 g/mol. The molecule has 1 rings (SSSR count). The third-order valence-electron chi connectivity index (χ3n) is 2.42. The van der Waals surface area contributed by atoms with Gasteiger partial charge < -0.3 is 10.5 Å².